The van der Waals surface area contributed by atoms with Crippen molar-refractivity contribution in [2.24, 2.45) is 5.92 Å². The summed E-state index contributed by atoms with van der Waals surface area (Å²) in [5, 5.41) is 3.85. The zero-order chi connectivity index (χ0) is 13.9. The molecule has 1 N–H and O–H groups in total. The van der Waals surface area contributed by atoms with Crippen LogP contribution in [0.3, 0.4) is 0 Å². The van der Waals surface area contributed by atoms with Crippen LogP contribution in [-0.2, 0) is 6.42 Å². The van der Waals surface area contributed by atoms with Gasteiger partial charge in [-0.3, -0.25) is 0 Å². The molecular weight excluding hydrogens is 246 g/mol. The molecule has 1 aromatic rings. The average Bonchev–Trinajstić information content (AvgIpc) is 2.82. The second kappa shape index (κ2) is 6.17. The molecule has 1 aliphatic heterocycles. The van der Waals surface area contributed by atoms with Crippen molar-refractivity contribution >= 4 is 0 Å². The van der Waals surface area contributed by atoms with E-state index < -0.39 is 0 Å². The molecule has 3 unspecified atom stereocenters. The Kier molecular flexibility index (Phi) is 4.30. The van der Waals surface area contributed by atoms with Gasteiger partial charge >= 0.3 is 0 Å². The maximum Gasteiger partial charge on any atom is 0.122 e. The molecular formula is C18H27NO. The molecule has 110 valence electrons. The fraction of sp³-hybridized carbons (Fsp3) is 0.667. The van der Waals surface area contributed by atoms with Crippen molar-refractivity contribution in [2.75, 3.05) is 6.61 Å². The van der Waals surface area contributed by atoms with E-state index in [2.05, 4.69) is 37.4 Å². The zero-order valence-electron chi connectivity index (χ0n) is 12.8. The van der Waals surface area contributed by atoms with Crippen LogP contribution in [0, 0.1) is 5.92 Å². The average molecular weight is 273 g/mol. The van der Waals surface area contributed by atoms with Crippen LogP contribution in [0.15, 0.2) is 18.2 Å². The molecule has 1 saturated carbocycles. The summed E-state index contributed by atoms with van der Waals surface area (Å²) in [6.45, 7) is 5.54. The summed E-state index contributed by atoms with van der Waals surface area (Å²) in [5.74, 6) is 2.00. The van der Waals surface area contributed by atoms with Crippen molar-refractivity contribution in [3.63, 3.8) is 0 Å². The number of ether oxygens (including phenoxy) is 1. The summed E-state index contributed by atoms with van der Waals surface area (Å²) in [7, 11) is 0. The lowest BCUT2D eigenvalue weighted by atomic mass is 10.0. The molecule has 0 amide bonds. The second-order valence-electron chi connectivity index (χ2n) is 6.66. The molecule has 2 nitrogen and oxygen atoms in total. The van der Waals surface area contributed by atoms with E-state index in [4.69, 9.17) is 4.74 Å². The Balaban J connectivity index is 1.62. The van der Waals surface area contributed by atoms with Gasteiger partial charge in [0.25, 0.3) is 0 Å². The van der Waals surface area contributed by atoms with Gasteiger partial charge in [0, 0.05) is 18.5 Å². The molecule has 20 heavy (non-hydrogen) atoms. The van der Waals surface area contributed by atoms with Crippen LogP contribution >= 0.6 is 0 Å². The van der Waals surface area contributed by atoms with Gasteiger partial charge in [0.2, 0.25) is 0 Å². The fourth-order valence-corrected chi connectivity index (χ4v) is 3.58. The zero-order valence-corrected chi connectivity index (χ0v) is 12.8. The quantitative estimate of drug-likeness (QED) is 0.832. The first-order valence-corrected chi connectivity index (χ1v) is 8.24. The standard InChI is InChI=1S/C18H27NO/c1-13-4-3-5-17(8-6-13)19-14(2)15-7-9-18-16(12-15)10-11-20-18/h7,9,12-14,17,19H,3-6,8,10-11H2,1-2H3. The maximum absolute atomic E-state index is 5.59. The highest BCUT2D eigenvalue weighted by molar-refractivity contribution is 5.40. The van der Waals surface area contributed by atoms with Crippen LogP contribution in [0.25, 0.3) is 0 Å². The van der Waals surface area contributed by atoms with Crippen LogP contribution in [0.4, 0.5) is 0 Å². The SMILES string of the molecule is CC1CCCC(NC(C)c2ccc3c(c2)CCO3)CC1. The Morgan fingerprint density at radius 3 is 3.00 bits per heavy atom. The topological polar surface area (TPSA) is 21.3 Å². The summed E-state index contributed by atoms with van der Waals surface area (Å²) in [5.41, 5.74) is 2.79. The molecule has 1 aromatic carbocycles. The molecule has 3 rings (SSSR count). The summed E-state index contributed by atoms with van der Waals surface area (Å²) < 4.78 is 5.59. The summed E-state index contributed by atoms with van der Waals surface area (Å²) in [4.78, 5) is 0. The Hall–Kier alpha value is -1.02. The highest BCUT2D eigenvalue weighted by Crippen LogP contribution is 2.29. The Labute approximate surface area is 122 Å². The lowest BCUT2D eigenvalue weighted by Crippen LogP contribution is -2.31. The monoisotopic (exact) mass is 273 g/mol. The van der Waals surface area contributed by atoms with E-state index >= 15 is 0 Å². The highest BCUT2D eigenvalue weighted by Gasteiger charge is 2.19. The minimum atomic E-state index is 0.444. The predicted molar refractivity (Wildman–Crippen MR) is 83.2 cm³/mol. The van der Waals surface area contributed by atoms with Crippen LogP contribution < -0.4 is 10.1 Å². The number of rotatable bonds is 3. The molecule has 1 aliphatic carbocycles. The third kappa shape index (κ3) is 3.17. The molecule has 0 spiro atoms. The predicted octanol–water partition coefficient (Wildman–Crippen LogP) is 4.24. The largest absolute Gasteiger partial charge is 0.493 e. The maximum atomic E-state index is 5.59. The molecule has 1 heterocycles. The number of hydrogen-bond donors (Lipinski definition) is 1. The van der Waals surface area contributed by atoms with E-state index in [1.165, 1.54) is 43.2 Å². The normalized spacial score (nSPS) is 27.5. The van der Waals surface area contributed by atoms with Gasteiger partial charge in [0.15, 0.2) is 0 Å². The van der Waals surface area contributed by atoms with E-state index in [-0.39, 0.29) is 0 Å². The van der Waals surface area contributed by atoms with Gasteiger partial charge in [0.1, 0.15) is 5.75 Å². The molecule has 1 fully saturated rings. The number of hydrogen-bond acceptors (Lipinski definition) is 2. The molecule has 0 aromatic heterocycles. The van der Waals surface area contributed by atoms with Gasteiger partial charge < -0.3 is 10.1 Å². The first kappa shape index (κ1) is 13.9. The summed E-state index contributed by atoms with van der Waals surface area (Å²) in [6, 6.07) is 7.84. The van der Waals surface area contributed by atoms with E-state index in [0.29, 0.717) is 12.1 Å². The minimum Gasteiger partial charge on any atom is -0.493 e. The van der Waals surface area contributed by atoms with Crippen molar-refractivity contribution in [3.05, 3.63) is 29.3 Å². The van der Waals surface area contributed by atoms with Gasteiger partial charge in [-0.2, -0.15) is 0 Å². The number of fused-ring (bicyclic) bond motifs is 1. The molecule has 0 bridgehead atoms. The highest BCUT2D eigenvalue weighted by atomic mass is 16.5. The van der Waals surface area contributed by atoms with Crippen LogP contribution in [0.5, 0.6) is 5.75 Å². The Morgan fingerprint density at radius 1 is 1.20 bits per heavy atom. The van der Waals surface area contributed by atoms with E-state index in [9.17, 15) is 0 Å². The van der Waals surface area contributed by atoms with Crippen molar-refractivity contribution in [2.45, 2.75) is 64.5 Å². The van der Waals surface area contributed by atoms with Gasteiger partial charge in [-0.1, -0.05) is 31.9 Å². The van der Waals surface area contributed by atoms with E-state index in [0.717, 1.165) is 24.7 Å². The Morgan fingerprint density at radius 2 is 2.10 bits per heavy atom. The van der Waals surface area contributed by atoms with Gasteiger partial charge in [-0.05, 0) is 49.3 Å². The summed E-state index contributed by atoms with van der Waals surface area (Å²) >= 11 is 0. The molecule has 3 atom stereocenters. The van der Waals surface area contributed by atoms with Gasteiger partial charge in [-0.25, -0.2) is 0 Å². The molecule has 2 aliphatic rings. The summed E-state index contributed by atoms with van der Waals surface area (Å²) in [6.07, 6.45) is 7.90. The van der Waals surface area contributed by atoms with Crippen molar-refractivity contribution in [1.82, 2.24) is 5.32 Å². The van der Waals surface area contributed by atoms with Crippen LogP contribution in [-0.4, -0.2) is 12.6 Å². The minimum absolute atomic E-state index is 0.444. The fourth-order valence-electron chi connectivity index (χ4n) is 3.58. The van der Waals surface area contributed by atoms with E-state index in [1.54, 1.807) is 0 Å². The van der Waals surface area contributed by atoms with E-state index in [1.807, 2.05) is 0 Å². The lowest BCUT2D eigenvalue weighted by molar-refractivity contribution is 0.356. The Bertz CT molecular complexity index is 457. The van der Waals surface area contributed by atoms with Crippen molar-refractivity contribution in [3.8, 4) is 5.75 Å². The van der Waals surface area contributed by atoms with Crippen molar-refractivity contribution in [1.29, 1.82) is 0 Å². The number of benzene rings is 1. The van der Waals surface area contributed by atoms with Crippen LogP contribution in [0.1, 0.15) is 63.1 Å². The first-order valence-electron chi connectivity index (χ1n) is 8.24. The smallest absolute Gasteiger partial charge is 0.122 e. The molecule has 2 heteroatoms. The number of nitrogens with one attached hydrogen (secondary N) is 1. The van der Waals surface area contributed by atoms with Gasteiger partial charge in [0.05, 0.1) is 6.61 Å². The lowest BCUT2D eigenvalue weighted by Gasteiger charge is -2.23. The molecule has 0 saturated heterocycles. The second-order valence-corrected chi connectivity index (χ2v) is 6.66. The van der Waals surface area contributed by atoms with Crippen molar-refractivity contribution < 1.29 is 4.74 Å². The first-order chi connectivity index (χ1) is 9.72. The van der Waals surface area contributed by atoms with Crippen LogP contribution in [0.2, 0.25) is 0 Å². The van der Waals surface area contributed by atoms with Gasteiger partial charge in [-0.15, -0.1) is 0 Å². The molecule has 0 radical (unpaired) electrons. The third-order valence-electron chi connectivity index (χ3n) is 4.96. The third-order valence-corrected chi connectivity index (χ3v) is 4.96.